The molecule has 0 aromatic rings. The van der Waals surface area contributed by atoms with Crippen molar-refractivity contribution < 1.29 is 19.7 Å². The molecule has 0 amide bonds. The Morgan fingerprint density at radius 2 is 1.25 bits per heavy atom. The first-order chi connectivity index (χ1) is 7.68. The smallest absolute Gasteiger partial charge is 0.302 e. The molecule has 0 atom stereocenters. The lowest BCUT2D eigenvalue weighted by molar-refractivity contribution is -0.140. The highest BCUT2D eigenvalue weighted by Crippen LogP contribution is 1.95. The Labute approximate surface area is 101 Å². The van der Waals surface area contributed by atoms with Crippen molar-refractivity contribution in [2.24, 2.45) is 0 Å². The van der Waals surface area contributed by atoms with E-state index in [9.17, 15) is 4.79 Å². The van der Waals surface area contributed by atoms with Crippen molar-refractivity contribution in [2.45, 2.75) is 53.4 Å². The van der Waals surface area contributed by atoms with Crippen LogP contribution in [-0.4, -0.2) is 37.0 Å². The zero-order chi connectivity index (χ0) is 13.8. The molecule has 0 radical (unpaired) electrons. The topological polar surface area (TPSA) is 66.8 Å². The second-order valence-corrected chi connectivity index (χ2v) is 2.63. The van der Waals surface area contributed by atoms with Crippen LogP contribution in [0.5, 0.6) is 0 Å². The normalized spacial score (nSPS) is 7.00. The van der Waals surface area contributed by atoms with Crippen LogP contribution in [0.3, 0.4) is 0 Å². The second-order valence-electron chi connectivity index (χ2n) is 2.63. The molecule has 0 aromatic heterocycles. The number of carbonyl (C=O) groups is 1. The van der Waals surface area contributed by atoms with Gasteiger partial charge < -0.3 is 14.9 Å². The number of hydrogen-bond donors (Lipinski definition) is 2. The number of unbranched alkanes of at least 4 members (excludes halogenated alkanes) is 3. The molecule has 0 aromatic carbocycles. The van der Waals surface area contributed by atoms with Gasteiger partial charge in [0.15, 0.2) is 0 Å². The molecular formula is C12H30O4. The molecule has 102 valence electrons. The Bertz CT molecular complexity index is 91.0. The van der Waals surface area contributed by atoms with Gasteiger partial charge in [-0.2, -0.15) is 0 Å². The van der Waals surface area contributed by atoms with Crippen molar-refractivity contribution >= 4 is 5.97 Å². The van der Waals surface area contributed by atoms with Crippen molar-refractivity contribution in [1.29, 1.82) is 0 Å². The van der Waals surface area contributed by atoms with Gasteiger partial charge in [0.05, 0.1) is 6.61 Å². The minimum Gasteiger partial charge on any atom is -0.466 e. The lowest BCUT2D eigenvalue weighted by Gasteiger charge is -1.89. The molecule has 0 aliphatic heterocycles. The molecule has 0 aliphatic carbocycles. The van der Waals surface area contributed by atoms with E-state index in [1.54, 1.807) is 6.92 Å². The van der Waals surface area contributed by atoms with E-state index in [2.05, 4.69) is 18.6 Å². The number of carbonyl (C=O) groups excluding carboxylic acids is 1. The molecule has 0 saturated carbocycles. The Morgan fingerprint density at radius 1 is 0.938 bits per heavy atom. The van der Waals surface area contributed by atoms with Gasteiger partial charge in [-0.3, -0.25) is 4.79 Å². The average Bonchev–Trinajstić information content (AvgIpc) is 2.32. The Hall–Kier alpha value is -0.610. The van der Waals surface area contributed by atoms with Gasteiger partial charge in [-0.25, -0.2) is 0 Å². The third kappa shape index (κ3) is 70.8. The van der Waals surface area contributed by atoms with E-state index in [1.165, 1.54) is 32.6 Å². The molecule has 0 heterocycles. The number of aliphatic hydroxyl groups is 2. The number of hydrogen-bond acceptors (Lipinski definition) is 4. The van der Waals surface area contributed by atoms with Crippen LogP contribution in [0.4, 0.5) is 0 Å². The van der Waals surface area contributed by atoms with Crippen molar-refractivity contribution in [3.8, 4) is 0 Å². The minimum absolute atomic E-state index is 0.211. The molecule has 0 rings (SSSR count). The third-order valence-corrected chi connectivity index (χ3v) is 1.30. The maximum atomic E-state index is 9.82. The fourth-order valence-corrected chi connectivity index (χ4v) is 0.703. The van der Waals surface area contributed by atoms with Crippen LogP contribution < -0.4 is 0 Å². The molecule has 2 N–H and O–H groups in total. The summed E-state index contributed by atoms with van der Waals surface area (Å²) in [6, 6.07) is 0. The van der Waals surface area contributed by atoms with Crippen LogP contribution in [0, 0.1) is 0 Å². The number of rotatable bonds is 4. The van der Waals surface area contributed by atoms with Crippen LogP contribution in [0.2, 0.25) is 0 Å². The predicted octanol–water partition coefficient (Wildman–Crippen LogP) is 2.37. The number of ether oxygens (including phenoxy) is 1. The quantitative estimate of drug-likeness (QED) is 0.583. The highest BCUT2D eigenvalue weighted by molar-refractivity contribution is 5.65. The maximum Gasteiger partial charge on any atom is 0.302 e. The summed E-state index contributed by atoms with van der Waals surface area (Å²) in [6.07, 6.45) is 5.54. The van der Waals surface area contributed by atoms with Crippen molar-refractivity contribution in [3.63, 3.8) is 0 Å². The molecule has 0 unspecified atom stereocenters. The van der Waals surface area contributed by atoms with Crippen LogP contribution in [0.1, 0.15) is 53.4 Å². The summed E-state index contributed by atoms with van der Waals surface area (Å²) >= 11 is 0. The first-order valence-corrected chi connectivity index (χ1v) is 5.71. The molecule has 0 saturated heterocycles. The summed E-state index contributed by atoms with van der Waals surface area (Å²) in [4.78, 5) is 9.82. The summed E-state index contributed by atoms with van der Waals surface area (Å²) in [5.41, 5.74) is 0. The summed E-state index contributed by atoms with van der Waals surface area (Å²) in [6.45, 7) is 8.12. The summed E-state index contributed by atoms with van der Waals surface area (Å²) in [5.74, 6) is -0.211. The fraction of sp³-hybridized carbons (Fsp3) is 0.917. The van der Waals surface area contributed by atoms with Crippen molar-refractivity contribution in [2.75, 3.05) is 20.8 Å². The van der Waals surface area contributed by atoms with Gasteiger partial charge in [-0.15, -0.1) is 0 Å². The lowest BCUT2D eigenvalue weighted by Crippen LogP contribution is -1.95. The van der Waals surface area contributed by atoms with Crippen molar-refractivity contribution in [1.82, 2.24) is 0 Å². The molecule has 16 heavy (non-hydrogen) atoms. The van der Waals surface area contributed by atoms with E-state index in [0.29, 0.717) is 6.61 Å². The van der Waals surface area contributed by atoms with Crippen LogP contribution in [-0.2, 0) is 9.53 Å². The second kappa shape index (κ2) is 36.7. The fourth-order valence-electron chi connectivity index (χ4n) is 0.703. The van der Waals surface area contributed by atoms with Crippen LogP contribution in [0.15, 0.2) is 0 Å². The molecule has 0 bridgehead atoms. The largest absolute Gasteiger partial charge is 0.466 e. The molecule has 0 spiro atoms. The van der Waals surface area contributed by atoms with E-state index in [4.69, 9.17) is 10.2 Å². The highest BCUT2D eigenvalue weighted by Gasteiger charge is 1.81. The first-order valence-electron chi connectivity index (χ1n) is 5.71. The molecule has 4 nitrogen and oxygen atoms in total. The van der Waals surface area contributed by atoms with E-state index >= 15 is 0 Å². The van der Waals surface area contributed by atoms with Gasteiger partial charge in [-0.1, -0.05) is 39.5 Å². The number of aliphatic hydroxyl groups excluding tert-OH is 2. The predicted molar refractivity (Wildman–Crippen MR) is 68.4 cm³/mol. The first kappa shape index (κ1) is 24.6. The van der Waals surface area contributed by atoms with E-state index in [-0.39, 0.29) is 5.97 Å². The average molecular weight is 238 g/mol. The van der Waals surface area contributed by atoms with Crippen molar-refractivity contribution in [3.05, 3.63) is 0 Å². The van der Waals surface area contributed by atoms with Gasteiger partial charge >= 0.3 is 5.97 Å². The van der Waals surface area contributed by atoms with Gasteiger partial charge in [0, 0.05) is 21.1 Å². The Balaban J connectivity index is -0.0000000686. The van der Waals surface area contributed by atoms with E-state index in [1.807, 2.05) is 0 Å². The van der Waals surface area contributed by atoms with Crippen LogP contribution >= 0.6 is 0 Å². The number of esters is 1. The van der Waals surface area contributed by atoms with Gasteiger partial charge in [0.25, 0.3) is 0 Å². The minimum atomic E-state index is -0.211. The summed E-state index contributed by atoms with van der Waals surface area (Å²) < 4.78 is 4.40. The van der Waals surface area contributed by atoms with E-state index in [0.717, 1.165) is 14.2 Å². The standard InChI is InChI=1S/C6H14.C4H8O2.2CH4O/c1-3-5-6-4-2;1-3-6-4(2)5;2*1-2/h3-6H2,1-2H3;3H2,1-2H3;2*2H,1H3. The van der Waals surface area contributed by atoms with Crippen LogP contribution in [0.25, 0.3) is 0 Å². The molecule has 0 aliphatic rings. The zero-order valence-corrected chi connectivity index (χ0v) is 11.7. The monoisotopic (exact) mass is 238 g/mol. The summed E-state index contributed by atoms with van der Waals surface area (Å²) in [5, 5.41) is 14.0. The zero-order valence-electron chi connectivity index (χ0n) is 11.7. The van der Waals surface area contributed by atoms with Gasteiger partial charge in [0.1, 0.15) is 0 Å². The van der Waals surface area contributed by atoms with Gasteiger partial charge in [0.2, 0.25) is 0 Å². The van der Waals surface area contributed by atoms with E-state index < -0.39 is 0 Å². The lowest BCUT2D eigenvalue weighted by atomic mass is 10.2. The maximum absolute atomic E-state index is 9.82. The molecule has 0 fully saturated rings. The summed E-state index contributed by atoms with van der Waals surface area (Å²) in [7, 11) is 2.00. The molecular weight excluding hydrogens is 208 g/mol. The Morgan fingerprint density at radius 3 is 1.31 bits per heavy atom. The van der Waals surface area contributed by atoms with Gasteiger partial charge in [-0.05, 0) is 6.92 Å². The highest BCUT2D eigenvalue weighted by atomic mass is 16.5. The Kier molecular flexibility index (Phi) is 56.3. The third-order valence-electron chi connectivity index (χ3n) is 1.30. The SMILES string of the molecule is CCCCCC.CCOC(C)=O.CO.CO. The molecule has 4 heteroatoms.